The van der Waals surface area contributed by atoms with E-state index >= 15 is 0 Å². The lowest BCUT2D eigenvalue weighted by molar-refractivity contribution is -0.164. The fraction of sp³-hybridized carbons (Fsp3) is 0.758. The van der Waals surface area contributed by atoms with Gasteiger partial charge in [0.15, 0.2) is 11.6 Å². The molecule has 0 saturated heterocycles. The van der Waals surface area contributed by atoms with Crippen molar-refractivity contribution in [3.63, 3.8) is 0 Å². The predicted molar refractivity (Wildman–Crippen MR) is 148 cm³/mol. The lowest BCUT2D eigenvalue weighted by Gasteiger charge is -2.69. The molecule has 0 aromatic heterocycles. The molecule has 1 amide bonds. The molecule has 38 heavy (non-hydrogen) atoms. The van der Waals surface area contributed by atoms with Crippen LogP contribution in [0.15, 0.2) is 23.3 Å². The van der Waals surface area contributed by atoms with Crippen LogP contribution in [0.2, 0.25) is 0 Å². The van der Waals surface area contributed by atoms with Crippen molar-refractivity contribution in [3.05, 3.63) is 23.3 Å². The first kappa shape index (κ1) is 27.4. The smallest absolute Gasteiger partial charge is 0.220 e. The minimum atomic E-state index is -0.656. The van der Waals surface area contributed by atoms with Gasteiger partial charge in [-0.05, 0) is 79.1 Å². The molecule has 0 aromatic rings. The van der Waals surface area contributed by atoms with Crippen LogP contribution in [-0.4, -0.2) is 23.0 Å². The highest BCUT2D eigenvalue weighted by Gasteiger charge is 2.70. The van der Waals surface area contributed by atoms with Gasteiger partial charge in [-0.3, -0.25) is 14.4 Å². The summed E-state index contributed by atoms with van der Waals surface area (Å²) in [6, 6.07) is 2.19. The standard InChI is InChI=1S/C33H46N2O3/c1-9-25(37)35-33-14-12-28(2,3)18-21(33)26-22(36)16-24-30(6)17-20(19-34)27(38)29(4,5)23(30)10-11-31(24,7)32(26,8)13-15-33/h16-17,21,23,26H,9-15,18H2,1-8H3,(H,35,37)/t21-,23+,26+,30+,31-,32-,33+/m1/s1. The molecule has 0 spiro atoms. The number of amides is 1. The number of allylic oxidation sites excluding steroid dienone is 4. The Kier molecular flexibility index (Phi) is 5.87. The molecule has 5 aliphatic carbocycles. The highest BCUT2D eigenvalue weighted by atomic mass is 16.2. The summed E-state index contributed by atoms with van der Waals surface area (Å²) in [6.07, 6.45) is 10.8. The Labute approximate surface area is 228 Å². The summed E-state index contributed by atoms with van der Waals surface area (Å²) in [4.78, 5) is 40.5. The molecular weight excluding hydrogens is 472 g/mol. The molecule has 206 valence electrons. The monoisotopic (exact) mass is 518 g/mol. The lowest BCUT2D eigenvalue weighted by Crippen LogP contribution is -2.69. The van der Waals surface area contributed by atoms with E-state index in [9.17, 15) is 19.6 Å². The van der Waals surface area contributed by atoms with Gasteiger partial charge in [0.05, 0.1) is 5.57 Å². The van der Waals surface area contributed by atoms with E-state index < -0.39 is 10.8 Å². The maximum absolute atomic E-state index is 14.4. The van der Waals surface area contributed by atoms with Crippen molar-refractivity contribution in [2.75, 3.05) is 0 Å². The van der Waals surface area contributed by atoms with E-state index in [-0.39, 0.29) is 62.6 Å². The van der Waals surface area contributed by atoms with Crippen molar-refractivity contribution in [3.8, 4) is 6.07 Å². The van der Waals surface area contributed by atoms with Gasteiger partial charge >= 0.3 is 0 Å². The van der Waals surface area contributed by atoms with E-state index in [0.29, 0.717) is 6.42 Å². The number of hydrogen-bond acceptors (Lipinski definition) is 4. The lowest BCUT2D eigenvalue weighted by atomic mass is 9.35. The molecule has 5 heteroatoms. The summed E-state index contributed by atoms with van der Waals surface area (Å²) < 4.78 is 0. The van der Waals surface area contributed by atoms with Gasteiger partial charge in [-0.1, -0.05) is 67.0 Å². The van der Waals surface area contributed by atoms with Crippen LogP contribution in [0.3, 0.4) is 0 Å². The van der Waals surface area contributed by atoms with Crippen LogP contribution in [0.1, 0.15) is 107 Å². The number of carbonyl (C=O) groups excluding carboxylic acids is 3. The molecule has 0 heterocycles. The van der Waals surface area contributed by atoms with Crippen molar-refractivity contribution >= 4 is 17.5 Å². The van der Waals surface area contributed by atoms with Crippen molar-refractivity contribution < 1.29 is 14.4 Å². The van der Waals surface area contributed by atoms with Crippen LogP contribution >= 0.6 is 0 Å². The minimum absolute atomic E-state index is 0.0482. The molecule has 0 bridgehead atoms. The van der Waals surface area contributed by atoms with E-state index in [1.165, 1.54) is 0 Å². The predicted octanol–water partition coefficient (Wildman–Crippen LogP) is 6.48. The van der Waals surface area contributed by atoms with Crippen molar-refractivity contribution in [1.82, 2.24) is 5.32 Å². The molecule has 0 radical (unpaired) electrons. The van der Waals surface area contributed by atoms with Crippen LogP contribution in [-0.2, 0) is 14.4 Å². The van der Waals surface area contributed by atoms with E-state index in [1.807, 2.05) is 32.9 Å². The number of ketones is 2. The Morgan fingerprint density at radius 3 is 2.32 bits per heavy atom. The number of fused-ring (bicyclic) bond motifs is 7. The molecule has 5 rings (SSSR count). The Morgan fingerprint density at radius 2 is 1.68 bits per heavy atom. The van der Waals surface area contributed by atoms with Crippen LogP contribution in [0.25, 0.3) is 0 Å². The first-order valence-electron chi connectivity index (χ1n) is 14.8. The van der Waals surface area contributed by atoms with Crippen LogP contribution in [0.4, 0.5) is 0 Å². The fourth-order valence-electron chi connectivity index (χ4n) is 10.2. The summed E-state index contributed by atoms with van der Waals surface area (Å²) in [5, 5.41) is 13.4. The molecule has 0 aromatic carbocycles. The van der Waals surface area contributed by atoms with Crippen LogP contribution in [0, 0.1) is 56.2 Å². The molecule has 5 aliphatic rings. The number of hydrogen-bond donors (Lipinski definition) is 1. The number of nitriles is 1. The van der Waals surface area contributed by atoms with E-state index in [2.05, 4.69) is 46.0 Å². The number of nitrogens with zero attached hydrogens (tertiary/aromatic N) is 1. The van der Waals surface area contributed by atoms with Crippen molar-refractivity contribution in [2.45, 2.75) is 112 Å². The molecule has 0 unspecified atom stereocenters. The topological polar surface area (TPSA) is 87.0 Å². The summed E-state index contributed by atoms with van der Waals surface area (Å²) in [5.41, 5.74) is -0.502. The fourth-order valence-corrected chi connectivity index (χ4v) is 10.2. The van der Waals surface area contributed by atoms with Crippen molar-refractivity contribution in [2.24, 2.45) is 44.8 Å². The summed E-state index contributed by atoms with van der Waals surface area (Å²) in [5.74, 6) is 0.187. The van der Waals surface area contributed by atoms with Crippen LogP contribution in [0.5, 0.6) is 0 Å². The third-order valence-corrected chi connectivity index (χ3v) is 12.6. The maximum Gasteiger partial charge on any atom is 0.220 e. The Morgan fingerprint density at radius 1 is 1.03 bits per heavy atom. The second-order valence-electron chi connectivity index (χ2n) is 15.3. The highest BCUT2D eigenvalue weighted by molar-refractivity contribution is 6.04. The van der Waals surface area contributed by atoms with Gasteiger partial charge in [0, 0.05) is 28.7 Å². The quantitative estimate of drug-likeness (QED) is 0.453. The molecule has 3 fully saturated rings. The SMILES string of the molecule is CCC(=O)N[C@]12CCC(C)(C)C[C@@H]1[C@H]1C(=O)C=C3[C@@]4(C)C=C(C#N)C(=O)C(C)(C)[C@@H]4CC[C@@]3(C)[C@]1(C)CC2. The largest absolute Gasteiger partial charge is 0.350 e. The van der Waals surface area contributed by atoms with Gasteiger partial charge in [0.25, 0.3) is 0 Å². The zero-order valence-electron chi connectivity index (χ0n) is 24.7. The molecule has 5 nitrogen and oxygen atoms in total. The highest BCUT2D eigenvalue weighted by Crippen LogP contribution is 2.73. The Balaban J connectivity index is 1.68. The second kappa shape index (κ2) is 8.15. The molecular formula is C33H46N2O3. The Hall–Kier alpha value is -2.22. The second-order valence-corrected chi connectivity index (χ2v) is 15.3. The molecule has 0 aliphatic heterocycles. The summed E-state index contributed by atoms with van der Waals surface area (Å²) >= 11 is 0. The van der Waals surface area contributed by atoms with E-state index in [4.69, 9.17) is 0 Å². The normalized spacial score (nSPS) is 44.8. The third kappa shape index (κ3) is 3.37. The first-order chi connectivity index (χ1) is 17.5. The maximum atomic E-state index is 14.4. The number of nitrogens with one attached hydrogen (secondary N) is 1. The minimum Gasteiger partial charge on any atom is -0.350 e. The Bertz CT molecular complexity index is 1220. The van der Waals surface area contributed by atoms with Gasteiger partial charge in [-0.2, -0.15) is 5.26 Å². The zero-order chi connectivity index (χ0) is 28.1. The summed E-state index contributed by atoms with van der Waals surface area (Å²) in [6.45, 7) is 17.3. The average molecular weight is 519 g/mol. The van der Waals surface area contributed by atoms with Gasteiger partial charge in [-0.25, -0.2) is 0 Å². The molecule has 3 saturated carbocycles. The molecule has 7 atom stereocenters. The van der Waals surface area contributed by atoms with Crippen LogP contribution < -0.4 is 5.32 Å². The molecule has 1 N–H and O–H groups in total. The number of carbonyl (C=O) groups is 3. The van der Waals surface area contributed by atoms with Gasteiger partial charge in [-0.15, -0.1) is 0 Å². The van der Waals surface area contributed by atoms with Gasteiger partial charge < -0.3 is 5.32 Å². The van der Waals surface area contributed by atoms with Gasteiger partial charge in [0.1, 0.15) is 6.07 Å². The average Bonchev–Trinajstić information content (AvgIpc) is 2.83. The van der Waals surface area contributed by atoms with Crippen molar-refractivity contribution in [1.29, 1.82) is 5.26 Å². The summed E-state index contributed by atoms with van der Waals surface area (Å²) in [7, 11) is 0. The zero-order valence-corrected chi connectivity index (χ0v) is 24.7. The van der Waals surface area contributed by atoms with Gasteiger partial charge in [0.2, 0.25) is 5.91 Å². The number of Topliss-reactive ketones (excluding diaryl/α,β-unsaturated/α-hetero) is 1. The van der Waals surface area contributed by atoms with E-state index in [1.54, 1.807) is 0 Å². The first-order valence-corrected chi connectivity index (χ1v) is 14.8. The number of rotatable bonds is 2. The third-order valence-electron chi connectivity index (χ3n) is 12.6. The van der Waals surface area contributed by atoms with E-state index in [0.717, 1.165) is 50.5 Å².